The maximum atomic E-state index is 13.7. The predicted molar refractivity (Wildman–Crippen MR) is 220 cm³/mol. The molecule has 0 spiro atoms. The fraction of sp³-hybridized carbons (Fsp3) is 0.300. The third kappa shape index (κ3) is 10.5. The number of alkyl halides is 2. The van der Waals surface area contributed by atoms with E-state index in [4.69, 9.17) is 16.6 Å². The summed E-state index contributed by atoms with van der Waals surface area (Å²) in [6.07, 6.45) is 5.72. The van der Waals surface area contributed by atoms with Gasteiger partial charge in [0.15, 0.2) is 0 Å². The van der Waals surface area contributed by atoms with Crippen molar-refractivity contribution in [1.82, 2.24) is 49.9 Å². The Labute approximate surface area is 375 Å². The first kappa shape index (κ1) is 44.1. The molecule has 2 fully saturated rings. The van der Waals surface area contributed by atoms with Crippen LogP contribution in [0.15, 0.2) is 61.2 Å². The number of para-hydroxylation sites is 2. The van der Waals surface area contributed by atoms with Gasteiger partial charge in [-0.25, -0.2) is 8.78 Å². The summed E-state index contributed by atoms with van der Waals surface area (Å²) < 4.78 is 51.2. The van der Waals surface area contributed by atoms with Gasteiger partial charge in [0.25, 0.3) is 0 Å². The molecule has 332 valence electrons. The normalized spacial score (nSPS) is 13.0. The van der Waals surface area contributed by atoms with Crippen LogP contribution in [0.3, 0.4) is 0 Å². The molecule has 4 N–H and O–H groups in total. The van der Waals surface area contributed by atoms with Gasteiger partial charge in [-0.05, 0) is 0 Å². The van der Waals surface area contributed by atoms with E-state index in [0.29, 0.717) is 22.5 Å². The second-order valence-electron chi connectivity index (χ2n) is 14.6. The van der Waals surface area contributed by atoms with Crippen LogP contribution in [0.25, 0.3) is 22.8 Å². The van der Waals surface area contributed by atoms with E-state index in [1.165, 1.54) is 48.4 Å². The summed E-state index contributed by atoms with van der Waals surface area (Å²) in [5, 5.41) is 36.5. The Bertz CT molecular complexity index is 2570. The molecule has 2 aliphatic carbocycles. The van der Waals surface area contributed by atoms with Crippen molar-refractivity contribution in [2.24, 2.45) is 11.8 Å². The number of halogens is 2. The number of benzene rings is 2. The second kappa shape index (κ2) is 19.9. The van der Waals surface area contributed by atoms with E-state index < -0.39 is 43.1 Å². The van der Waals surface area contributed by atoms with Crippen molar-refractivity contribution in [2.75, 3.05) is 48.8 Å². The van der Waals surface area contributed by atoms with Crippen LogP contribution in [-0.2, 0) is 47.7 Å². The number of hydrogen-bond donors (Lipinski definition) is 4. The fourth-order valence-corrected chi connectivity index (χ4v) is 7.54. The number of methoxy groups -OCH3 is 2. The molecule has 0 aliphatic heterocycles. The first-order chi connectivity index (χ1) is 31.7. The van der Waals surface area contributed by atoms with Gasteiger partial charge in [0.05, 0.1) is 0 Å². The van der Waals surface area contributed by atoms with Crippen molar-refractivity contribution >= 4 is 58.1 Å². The number of carbonyl (C=O) groups is 4. The zero-order valence-corrected chi connectivity index (χ0v) is 37.8. The Balaban J connectivity index is 1.03. The number of rotatable bonds is 20. The van der Waals surface area contributed by atoms with E-state index in [1.807, 2.05) is 0 Å². The first-order valence-electron chi connectivity index (χ1n) is 20.2. The van der Waals surface area contributed by atoms with Gasteiger partial charge in [-0.15, -0.1) is 0 Å². The molecular formula is C40H38F2N14O8Zn. The average Bonchev–Trinajstić information content (AvgIpc) is 4.25. The van der Waals surface area contributed by atoms with Crippen molar-refractivity contribution in [3.63, 3.8) is 0 Å². The van der Waals surface area contributed by atoms with Crippen molar-refractivity contribution in [3.05, 3.63) is 72.6 Å². The molecule has 8 rings (SSSR count). The molecule has 0 unspecified atom stereocenters. The number of aryl methyl sites for hydroxylation is 2. The molecule has 4 heterocycles. The van der Waals surface area contributed by atoms with Crippen molar-refractivity contribution in [2.45, 2.75) is 38.8 Å². The van der Waals surface area contributed by atoms with Crippen LogP contribution < -0.4 is 30.7 Å². The zero-order valence-electron chi connectivity index (χ0n) is 34.8. The topological polar surface area (TPSA) is 266 Å². The number of aromatic nitrogens is 10. The van der Waals surface area contributed by atoms with Gasteiger partial charge < -0.3 is 0 Å². The van der Waals surface area contributed by atoms with Gasteiger partial charge in [-0.3, -0.25) is 0 Å². The molecule has 4 aromatic heterocycles. The van der Waals surface area contributed by atoms with E-state index in [0.717, 1.165) is 25.7 Å². The number of nitrogens with one attached hydrogen (secondary N) is 4. The van der Waals surface area contributed by atoms with Gasteiger partial charge in [-0.1, -0.05) is 0 Å². The molecule has 65 heavy (non-hydrogen) atoms. The second-order valence-corrected chi connectivity index (χ2v) is 16.3. The fourth-order valence-electron chi connectivity index (χ4n) is 6.40. The minimum atomic E-state index is -3.03. The summed E-state index contributed by atoms with van der Waals surface area (Å²) in [5.74, 6) is -1.67. The van der Waals surface area contributed by atoms with Gasteiger partial charge in [0, 0.05) is 0 Å². The van der Waals surface area contributed by atoms with E-state index in [2.05, 4.69) is 61.8 Å². The van der Waals surface area contributed by atoms with Crippen molar-refractivity contribution in [1.29, 1.82) is 0 Å². The van der Waals surface area contributed by atoms with E-state index in [-0.39, 0.29) is 94.3 Å². The number of carbonyl (C=O) groups excluding carboxylic acids is 4. The first-order valence-corrected chi connectivity index (χ1v) is 22.6. The van der Waals surface area contributed by atoms with Crippen LogP contribution in [0.5, 0.6) is 11.5 Å². The zero-order chi connectivity index (χ0) is 45.5. The molecule has 0 radical (unpaired) electrons. The Morgan fingerprint density at radius 2 is 1.08 bits per heavy atom. The average molecular weight is 946 g/mol. The summed E-state index contributed by atoms with van der Waals surface area (Å²) in [6.45, 7) is -1.26. The summed E-state index contributed by atoms with van der Waals surface area (Å²) in [5.41, 5.74) is 1.04. The van der Waals surface area contributed by atoms with Gasteiger partial charge >= 0.3 is 355 Å². The summed E-state index contributed by atoms with van der Waals surface area (Å²) in [4.78, 5) is 61.2. The van der Waals surface area contributed by atoms with Crippen LogP contribution in [-0.4, -0.2) is 101 Å². The van der Waals surface area contributed by atoms with Crippen molar-refractivity contribution in [3.8, 4) is 34.3 Å². The van der Waals surface area contributed by atoms with Crippen LogP contribution in [0.4, 0.5) is 43.2 Å². The number of ether oxygens (including phenoxy) is 2. The van der Waals surface area contributed by atoms with Crippen LogP contribution >= 0.6 is 0 Å². The number of hydrogen-bond acceptors (Lipinski definition) is 18. The molecule has 2 aliphatic rings. The summed E-state index contributed by atoms with van der Waals surface area (Å²) in [7, 11) is 2.85. The summed E-state index contributed by atoms with van der Waals surface area (Å²) in [6, 6.07) is 12.9. The molecule has 2 aromatic carbocycles. The standard InChI is InChI=1S/2C20H20FN7O4.Zn/c2*1-32-17-12(18-22-10-28(27-18)8-7-21)3-2-4-13(17)23-14-9-15(24-19(29)11-5-6-11)25-26-16(14)20(30)31;/h2*2-4,9-11H,5-8H2,1H3,(H,30,31)(H2,23,24,25,29);/q;;+2/p-2. The Kier molecular flexibility index (Phi) is 13.5. The number of nitrogens with zero attached hydrogens (tertiary/aromatic N) is 10. The van der Waals surface area contributed by atoms with Crippen LogP contribution in [0, 0.1) is 11.8 Å². The van der Waals surface area contributed by atoms with Gasteiger partial charge in [-0.2, -0.15) is 0 Å². The SMILES string of the molecule is COc1c(Nc2cc(NC(=O)C3CC3)nnc2C(=O)[O][Zn][O]C(=O)c2nnc(NC(=O)C3CC3)cc2Nc2cccc(-c3ncn(CCF)n3)c2OC)cccc1-c1ncn(CCF)n1. The van der Waals surface area contributed by atoms with E-state index in [9.17, 15) is 28.0 Å². The molecule has 6 aromatic rings. The Hall–Kier alpha value is -7.56. The molecule has 0 atom stereocenters. The molecule has 22 nitrogen and oxygen atoms in total. The molecule has 2 amide bonds. The predicted octanol–water partition coefficient (Wildman–Crippen LogP) is 4.85. The van der Waals surface area contributed by atoms with Crippen LogP contribution in [0.2, 0.25) is 0 Å². The van der Waals surface area contributed by atoms with E-state index in [1.54, 1.807) is 36.4 Å². The molecule has 25 heteroatoms. The third-order valence-corrected chi connectivity index (χ3v) is 11.5. The monoisotopic (exact) mass is 944 g/mol. The van der Waals surface area contributed by atoms with Gasteiger partial charge in [0.2, 0.25) is 0 Å². The minimum absolute atomic E-state index is 0.00908. The molecule has 2 saturated carbocycles. The van der Waals surface area contributed by atoms with E-state index >= 15 is 0 Å². The maximum absolute atomic E-state index is 13.7. The third-order valence-electron chi connectivity index (χ3n) is 9.91. The molecule has 0 saturated heterocycles. The summed E-state index contributed by atoms with van der Waals surface area (Å²) >= 11 is -3.03. The number of anilines is 6. The molecular weight excluding hydrogens is 908 g/mol. The van der Waals surface area contributed by atoms with Crippen molar-refractivity contribution < 1.29 is 62.4 Å². The Morgan fingerprint density at radius 1 is 0.646 bits per heavy atom. The number of amides is 2. The van der Waals surface area contributed by atoms with Gasteiger partial charge in [0.1, 0.15) is 13.3 Å². The molecule has 0 bridgehead atoms. The van der Waals surface area contributed by atoms with Crippen LogP contribution in [0.1, 0.15) is 46.7 Å². The Morgan fingerprint density at radius 3 is 1.46 bits per heavy atom. The quantitative estimate of drug-likeness (QED) is 0.0745.